The minimum atomic E-state index is -0.955. The number of aromatic nitrogens is 2. The molecule has 0 saturated heterocycles. The minimum absolute atomic E-state index is 0.380. The Morgan fingerprint density at radius 3 is 2.53 bits per heavy atom. The molecule has 0 radical (unpaired) electrons. The van der Waals surface area contributed by atoms with Crippen LogP contribution in [0.25, 0.3) is 0 Å². The molecule has 3 nitrogen and oxygen atoms in total. The fraction of sp³-hybridized carbons (Fsp3) is 0.308. The lowest BCUT2D eigenvalue weighted by atomic mass is 9.96. The van der Waals surface area contributed by atoms with Crippen LogP contribution in [0.1, 0.15) is 18.2 Å². The van der Waals surface area contributed by atoms with Gasteiger partial charge in [-0.3, -0.25) is 4.68 Å². The summed E-state index contributed by atoms with van der Waals surface area (Å²) in [5, 5.41) is 15.3. The molecule has 0 amide bonds. The Bertz CT molecular complexity index is 486. The lowest BCUT2D eigenvalue weighted by Gasteiger charge is -2.23. The van der Waals surface area contributed by atoms with Crippen molar-refractivity contribution in [3.05, 3.63) is 52.8 Å². The van der Waals surface area contributed by atoms with Gasteiger partial charge < -0.3 is 5.11 Å². The first-order valence-electron chi connectivity index (χ1n) is 5.46. The molecule has 1 unspecified atom stereocenters. The number of aliphatic hydroxyl groups is 1. The summed E-state index contributed by atoms with van der Waals surface area (Å²) < 4.78 is 1.67. The Kier molecular flexibility index (Phi) is 3.22. The van der Waals surface area contributed by atoms with Crippen molar-refractivity contribution in [1.29, 1.82) is 0 Å². The number of hydrogen-bond donors (Lipinski definition) is 1. The SMILES string of the molecule is Cc1nn(CC(C)(O)c2ccccc2)cc1Cl. The minimum Gasteiger partial charge on any atom is -0.384 e. The van der Waals surface area contributed by atoms with Crippen molar-refractivity contribution in [3.8, 4) is 0 Å². The molecule has 1 atom stereocenters. The molecule has 4 heteroatoms. The normalized spacial score (nSPS) is 14.6. The lowest BCUT2D eigenvalue weighted by molar-refractivity contribution is 0.0346. The molecule has 90 valence electrons. The van der Waals surface area contributed by atoms with Crippen LogP contribution in [-0.4, -0.2) is 14.9 Å². The molecule has 0 spiro atoms. The zero-order valence-corrected chi connectivity index (χ0v) is 10.6. The maximum absolute atomic E-state index is 10.4. The highest BCUT2D eigenvalue weighted by Gasteiger charge is 2.24. The Hall–Kier alpha value is -1.32. The molecule has 0 aliphatic heterocycles. The van der Waals surface area contributed by atoms with Crippen molar-refractivity contribution in [2.45, 2.75) is 26.0 Å². The van der Waals surface area contributed by atoms with E-state index in [-0.39, 0.29) is 0 Å². The van der Waals surface area contributed by atoms with Gasteiger partial charge in [0.25, 0.3) is 0 Å². The fourth-order valence-corrected chi connectivity index (χ4v) is 1.93. The van der Waals surface area contributed by atoms with Crippen molar-refractivity contribution in [1.82, 2.24) is 9.78 Å². The highest BCUT2D eigenvalue weighted by molar-refractivity contribution is 6.31. The predicted molar refractivity (Wildman–Crippen MR) is 68.0 cm³/mol. The third kappa shape index (κ3) is 2.68. The van der Waals surface area contributed by atoms with E-state index in [9.17, 15) is 5.11 Å². The van der Waals surface area contributed by atoms with E-state index in [4.69, 9.17) is 11.6 Å². The molecule has 1 aromatic heterocycles. The summed E-state index contributed by atoms with van der Waals surface area (Å²) in [7, 11) is 0. The van der Waals surface area contributed by atoms with Crippen molar-refractivity contribution in [3.63, 3.8) is 0 Å². The summed E-state index contributed by atoms with van der Waals surface area (Å²) >= 11 is 5.94. The highest BCUT2D eigenvalue weighted by Crippen LogP contribution is 2.23. The van der Waals surface area contributed by atoms with Crippen LogP contribution in [0.5, 0.6) is 0 Å². The second-order valence-electron chi connectivity index (χ2n) is 4.40. The van der Waals surface area contributed by atoms with Crippen molar-refractivity contribution in [2.24, 2.45) is 0 Å². The number of hydrogen-bond acceptors (Lipinski definition) is 2. The molecular weight excluding hydrogens is 236 g/mol. The molecular formula is C13H15ClN2O. The van der Waals surface area contributed by atoms with E-state index in [0.29, 0.717) is 11.6 Å². The van der Waals surface area contributed by atoms with Crippen LogP contribution in [0, 0.1) is 6.92 Å². The van der Waals surface area contributed by atoms with E-state index in [2.05, 4.69) is 5.10 Å². The second kappa shape index (κ2) is 4.51. The van der Waals surface area contributed by atoms with E-state index in [1.165, 1.54) is 0 Å². The summed E-state index contributed by atoms with van der Waals surface area (Å²) in [6.07, 6.45) is 1.73. The van der Waals surface area contributed by atoms with Gasteiger partial charge in [0.15, 0.2) is 0 Å². The molecule has 0 bridgehead atoms. The molecule has 0 saturated carbocycles. The summed E-state index contributed by atoms with van der Waals surface area (Å²) in [5.74, 6) is 0. The fourth-order valence-electron chi connectivity index (χ4n) is 1.78. The predicted octanol–water partition coefficient (Wildman–Crippen LogP) is 2.75. The molecule has 2 aromatic rings. The Morgan fingerprint density at radius 1 is 1.35 bits per heavy atom. The first-order valence-corrected chi connectivity index (χ1v) is 5.84. The smallest absolute Gasteiger partial charge is 0.106 e. The first-order chi connectivity index (χ1) is 7.99. The van der Waals surface area contributed by atoms with Gasteiger partial charge in [-0.1, -0.05) is 41.9 Å². The van der Waals surface area contributed by atoms with Crippen LogP contribution in [-0.2, 0) is 12.1 Å². The molecule has 0 fully saturated rings. The zero-order chi connectivity index (χ0) is 12.5. The molecule has 1 heterocycles. The number of halogens is 1. The van der Waals surface area contributed by atoms with E-state index in [1.54, 1.807) is 17.8 Å². The van der Waals surface area contributed by atoms with Crippen LogP contribution in [0.3, 0.4) is 0 Å². The van der Waals surface area contributed by atoms with Gasteiger partial charge in [0.1, 0.15) is 5.60 Å². The lowest BCUT2D eigenvalue weighted by Crippen LogP contribution is -2.27. The Labute approximate surface area is 106 Å². The average molecular weight is 251 g/mol. The largest absolute Gasteiger partial charge is 0.384 e. The van der Waals surface area contributed by atoms with Gasteiger partial charge in [0.2, 0.25) is 0 Å². The summed E-state index contributed by atoms with van der Waals surface area (Å²) in [4.78, 5) is 0. The van der Waals surface area contributed by atoms with Crippen LogP contribution in [0.4, 0.5) is 0 Å². The Balaban J connectivity index is 2.23. The summed E-state index contributed by atoms with van der Waals surface area (Å²) in [6.45, 7) is 3.99. The van der Waals surface area contributed by atoms with Crippen LogP contribution in [0.2, 0.25) is 5.02 Å². The Morgan fingerprint density at radius 2 is 2.00 bits per heavy atom. The van der Waals surface area contributed by atoms with Gasteiger partial charge in [0, 0.05) is 6.20 Å². The molecule has 0 aliphatic rings. The topological polar surface area (TPSA) is 38.0 Å². The van der Waals surface area contributed by atoms with Crippen LogP contribution in [0.15, 0.2) is 36.5 Å². The van der Waals surface area contributed by atoms with Gasteiger partial charge in [-0.15, -0.1) is 0 Å². The second-order valence-corrected chi connectivity index (χ2v) is 4.81. The van der Waals surface area contributed by atoms with Crippen molar-refractivity contribution < 1.29 is 5.11 Å². The van der Waals surface area contributed by atoms with Gasteiger partial charge >= 0.3 is 0 Å². The molecule has 2 rings (SSSR count). The third-order valence-corrected chi connectivity index (χ3v) is 3.12. The van der Waals surface area contributed by atoms with E-state index in [0.717, 1.165) is 11.3 Å². The maximum atomic E-state index is 10.4. The summed E-state index contributed by atoms with van der Waals surface area (Å²) in [5.41, 5.74) is 0.683. The third-order valence-electron chi connectivity index (χ3n) is 2.75. The molecule has 1 aromatic carbocycles. The van der Waals surface area contributed by atoms with Gasteiger partial charge in [-0.05, 0) is 19.4 Å². The van der Waals surface area contributed by atoms with E-state index < -0.39 is 5.60 Å². The first kappa shape index (κ1) is 12.1. The van der Waals surface area contributed by atoms with Crippen LogP contribution >= 0.6 is 11.6 Å². The maximum Gasteiger partial charge on any atom is 0.106 e. The van der Waals surface area contributed by atoms with E-state index >= 15 is 0 Å². The standard InChI is InChI=1S/C13H15ClN2O/c1-10-12(14)8-16(15-10)9-13(2,17)11-6-4-3-5-7-11/h3-8,17H,9H2,1-2H3. The number of rotatable bonds is 3. The van der Waals surface area contributed by atoms with Gasteiger partial charge in [0.05, 0.1) is 17.3 Å². The zero-order valence-electron chi connectivity index (χ0n) is 9.89. The highest BCUT2D eigenvalue weighted by atomic mass is 35.5. The molecule has 1 N–H and O–H groups in total. The van der Waals surface area contributed by atoms with Crippen molar-refractivity contribution in [2.75, 3.05) is 0 Å². The molecule has 0 aliphatic carbocycles. The van der Waals surface area contributed by atoms with E-state index in [1.807, 2.05) is 37.3 Å². The van der Waals surface area contributed by atoms with Gasteiger partial charge in [-0.2, -0.15) is 5.10 Å². The molecule has 17 heavy (non-hydrogen) atoms. The quantitative estimate of drug-likeness (QED) is 0.910. The number of nitrogens with zero attached hydrogens (tertiary/aromatic N) is 2. The monoisotopic (exact) mass is 250 g/mol. The van der Waals surface area contributed by atoms with Crippen molar-refractivity contribution >= 4 is 11.6 Å². The number of benzene rings is 1. The van der Waals surface area contributed by atoms with Crippen LogP contribution < -0.4 is 0 Å². The summed E-state index contributed by atoms with van der Waals surface area (Å²) in [6, 6.07) is 9.54. The average Bonchev–Trinajstić information content (AvgIpc) is 2.58. The number of aryl methyl sites for hydroxylation is 1. The van der Waals surface area contributed by atoms with Gasteiger partial charge in [-0.25, -0.2) is 0 Å².